The Labute approximate surface area is 126 Å². The van der Waals surface area contributed by atoms with Crippen LogP contribution in [0.4, 0.5) is 0 Å². The van der Waals surface area contributed by atoms with Gasteiger partial charge in [0.25, 0.3) is 0 Å². The number of likely N-dealkylation sites (tertiary alicyclic amines) is 1. The molecule has 0 bridgehead atoms. The summed E-state index contributed by atoms with van der Waals surface area (Å²) >= 11 is 6.29. The lowest BCUT2D eigenvalue weighted by atomic mass is 9.96. The summed E-state index contributed by atoms with van der Waals surface area (Å²) < 4.78 is 6.14. The van der Waals surface area contributed by atoms with Crippen LogP contribution in [0, 0.1) is 11.3 Å². The molecule has 3 nitrogen and oxygen atoms in total. The average molecular weight is 295 g/mol. The number of halogens is 1. The van der Waals surface area contributed by atoms with Crippen molar-refractivity contribution >= 4 is 17.9 Å². The summed E-state index contributed by atoms with van der Waals surface area (Å²) in [5.74, 6) is 1.77. The Hall–Kier alpha value is -1.22. The van der Waals surface area contributed by atoms with Crippen molar-refractivity contribution in [1.82, 2.24) is 4.90 Å². The summed E-state index contributed by atoms with van der Waals surface area (Å²) in [7, 11) is 0. The Morgan fingerprint density at radius 3 is 2.85 bits per heavy atom. The van der Waals surface area contributed by atoms with Crippen molar-refractivity contribution in [2.45, 2.75) is 44.7 Å². The lowest BCUT2D eigenvalue weighted by Gasteiger charge is -2.39. The molecule has 0 saturated carbocycles. The molecule has 0 amide bonds. The van der Waals surface area contributed by atoms with E-state index in [1.54, 1.807) is 0 Å². The van der Waals surface area contributed by atoms with E-state index in [9.17, 15) is 0 Å². The fraction of sp³-hybridized carbons (Fsp3) is 0.562. The van der Waals surface area contributed by atoms with Crippen molar-refractivity contribution in [1.29, 1.82) is 5.41 Å². The smallest absolute Gasteiger partial charge is 0.120 e. The summed E-state index contributed by atoms with van der Waals surface area (Å²) in [5.41, 5.74) is 1.14. The van der Waals surface area contributed by atoms with Gasteiger partial charge in [0.2, 0.25) is 0 Å². The second kappa shape index (κ2) is 6.49. The van der Waals surface area contributed by atoms with Crippen LogP contribution in [0.1, 0.15) is 38.7 Å². The maximum absolute atomic E-state index is 7.36. The third-order valence-electron chi connectivity index (χ3n) is 3.90. The number of nitrogens with one attached hydrogen (secondary N) is 1. The van der Waals surface area contributed by atoms with Gasteiger partial charge in [-0.15, -0.1) is 0 Å². The highest BCUT2D eigenvalue weighted by molar-refractivity contribution is 6.21. The van der Waals surface area contributed by atoms with E-state index in [4.69, 9.17) is 21.7 Å². The van der Waals surface area contributed by atoms with Gasteiger partial charge in [-0.3, -0.25) is 5.41 Å². The third kappa shape index (κ3) is 3.45. The number of hydrogen-bond donors (Lipinski definition) is 1. The average Bonchev–Trinajstić information content (AvgIpc) is 2.42. The van der Waals surface area contributed by atoms with Crippen LogP contribution in [0.25, 0.3) is 0 Å². The summed E-state index contributed by atoms with van der Waals surface area (Å²) in [6, 6.07) is 8.29. The Morgan fingerprint density at radius 2 is 2.20 bits per heavy atom. The summed E-state index contributed by atoms with van der Waals surface area (Å²) in [5, 5.41) is 7.36. The van der Waals surface area contributed by atoms with Crippen molar-refractivity contribution in [3.05, 3.63) is 29.8 Å². The van der Waals surface area contributed by atoms with Crippen molar-refractivity contribution in [2.75, 3.05) is 6.54 Å². The standard InChI is InChI=1S/C16H23ClN2O/c1-11(2)13-5-4-6-14(7-13)20-15-8-16(17)19(10-18)9-12(15)3/h4-7,10-12,15-16,18H,8-9H2,1-3H3. The van der Waals surface area contributed by atoms with E-state index in [0.29, 0.717) is 11.8 Å². The zero-order valence-corrected chi connectivity index (χ0v) is 13.1. The molecule has 0 radical (unpaired) electrons. The molecule has 1 fully saturated rings. The van der Waals surface area contributed by atoms with Gasteiger partial charge in [0.15, 0.2) is 0 Å². The maximum atomic E-state index is 7.36. The van der Waals surface area contributed by atoms with Crippen molar-refractivity contribution < 1.29 is 4.74 Å². The van der Waals surface area contributed by atoms with Crippen LogP contribution in [0.15, 0.2) is 24.3 Å². The van der Waals surface area contributed by atoms with Crippen LogP contribution in [-0.4, -0.2) is 29.4 Å². The van der Waals surface area contributed by atoms with E-state index >= 15 is 0 Å². The second-order valence-electron chi connectivity index (χ2n) is 5.86. The fourth-order valence-corrected chi connectivity index (χ4v) is 2.86. The first kappa shape index (κ1) is 15.2. The number of piperidine rings is 1. The first-order valence-corrected chi connectivity index (χ1v) is 7.62. The van der Waals surface area contributed by atoms with Gasteiger partial charge in [-0.2, -0.15) is 0 Å². The van der Waals surface area contributed by atoms with E-state index in [-0.39, 0.29) is 11.6 Å². The topological polar surface area (TPSA) is 36.3 Å². The summed E-state index contributed by atoms with van der Waals surface area (Å²) in [6.45, 7) is 7.28. The van der Waals surface area contributed by atoms with E-state index in [2.05, 4.69) is 32.9 Å². The largest absolute Gasteiger partial charge is 0.490 e. The van der Waals surface area contributed by atoms with Gasteiger partial charge in [-0.25, -0.2) is 0 Å². The van der Waals surface area contributed by atoms with E-state index in [1.807, 2.05) is 17.0 Å². The number of nitrogens with zero attached hydrogens (tertiary/aromatic N) is 1. The third-order valence-corrected chi connectivity index (χ3v) is 4.33. The van der Waals surface area contributed by atoms with Crippen LogP contribution in [0.2, 0.25) is 0 Å². The SMILES string of the molecule is CC(C)c1cccc(OC2CC(Cl)N(C=N)CC2C)c1. The van der Waals surface area contributed by atoms with Gasteiger partial charge in [0, 0.05) is 18.9 Å². The number of alkyl halides is 1. The summed E-state index contributed by atoms with van der Waals surface area (Å²) in [6.07, 6.45) is 2.17. The van der Waals surface area contributed by atoms with Gasteiger partial charge < -0.3 is 9.64 Å². The van der Waals surface area contributed by atoms with Crippen molar-refractivity contribution in [2.24, 2.45) is 5.92 Å². The molecule has 110 valence electrons. The zero-order chi connectivity index (χ0) is 14.7. The Bertz CT molecular complexity index is 464. The normalized spacial score (nSPS) is 26.6. The predicted molar refractivity (Wildman–Crippen MR) is 83.9 cm³/mol. The van der Waals surface area contributed by atoms with E-state index in [1.165, 1.54) is 11.9 Å². The molecule has 1 aromatic rings. The van der Waals surface area contributed by atoms with Crippen LogP contribution < -0.4 is 4.74 Å². The summed E-state index contributed by atoms with van der Waals surface area (Å²) in [4.78, 5) is 1.86. The second-order valence-corrected chi connectivity index (χ2v) is 6.36. The Morgan fingerprint density at radius 1 is 1.45 bits per heavy atom. The van der Waals surface area contributed by atoms with Gasteiger partial charge in [-0.05, 0) is 23.6 Å². The molecule has 1 aliphatic rings. The van der Waals surface area contributed by atoms with Crippen molar-refractivity contribution in [3.63, 3.8) is 0 Å². The molecule has 4 heteroatoms. The zero-order valence-electron chi connectivity index (χ0n) is 12.3. The number of benzene rings is 1. The van der Waals surface area contributed by atoms with Crippen LogP contribution >= 0.6 is 11.6 Å². The molecule has 1 aromatic carbocycles. The Balaban J connectivity index is 2.06. The highest BCUT2D eigenvalue weighted by Gasteiger charge is 2.32. The molecule has 1 heterocycles. The lowest BCUT2D eigenvalue weighted by molar-refractivity contribution is 0.0706. The van der Waals surface area contributed by atoms with Gasteiger partial charge >= 0.3 is 0 Å². The molecule has 3 unspecified atom stereocenters. The molecular formula is C16H23ClN2O. The van der Waals surface area contributed by atoms with E-state index in [0.717, 1.165) is 18.7 Å². The highest BCUT2D eigenvalue weighted by atomic mass is 35.5. The van der Waals surface area contributed by atoms with Crippen LogP contribution in [0.3, 0.4) is 0 Å². The van der Waals surface area contributed by atoms with Crippen LogP contribution in [-0.2, 0) is 0 Å². The number of ether oxygens (including phenoxy) is 1. The highest BCUT2D eigenvalue weighted by Crippen LogP contribution is 2.29. The minimum Gasteiger partial charge on any atom is -0.490 e. The molecule has 1 saturated heterocycles. The minimum atomic E-state index is -0.151. The monoisotopic (exact) mass is 294 g/mol. The molecular weight excluding hydrogens is 272 g/mol. The molecule has 1 N–H and O–H groups in total. The number of rotatable bonds is 4. The maximum Gasteiger partial charge on any atom is 0.120 e. The van der Waals surface area contributed by atoms with Crippen LogP contribution in [0.5, 0.6) is 5.75 Å². The molecule has 1 aliphatic heterocycles. The molecule has 3 atom stereocenters. The van der Waals surface area contributed by atoms with Crippen molar-refractivity contribution in [3.8, 4) is 5.75 Å². The molecule has 0 aromatic heterocycles. The fourth-order valence-electron chi connectivity index (χ4n) is 2.54. The molecule has 0 aliphatic carbocycles. The molecule has 20 heavy (non-hydrogen) atoms. The first-order chi connectivity index (χ1) is 9.51. The predicted octanol–water partition coefficient (Wildman–Crippen LogP) is 4.07. The van der Waals surface area contributed by atoms with E-state index < -0.39 is 0 Å². The van der Waals surface area contributed by atoms with Gasteiger partial charge in [-0.1, -0.05) is 44.5 Å². The quantitative estimate of drug-likeness (QED) is 0.393. The minimum absolute atomic E-state index is 0.108. The lowest BCUT2D eigenvalue weighted by Crippen LogP contribution is -2.47. The Kier molecular flexibility index (Phi) is 4.92. The number of hydrogen-bond acceptors (Lipinski definition) is 2. The van der Waals surface area contributed by atoms with Gasteiger partial charge in [0.05, 0.1) is 6.34 Å². The molecule has 2 rings (SSSR count). The first-order valence-electron chi connectivity index (χ1n) is 7.18. The van der Waals surface area contributed by atoms with Gasteiger partial charge in [0.1, 0.15) is 17.4 Å². The molecule has 0 spiro atoms.